The van der Waals surface area contributed by atoms with Crippen LogP contribution in [0.4, 0.5) is 8.78 Å². The topological polar surface area (TPSA) is 18.5 Å². The van der Waals surface area contributed by atoms with Gasteiger partial charge >= 0.3 is 5.92 Å². The van der Waals surface area contributed by atoms with Crippen molar-refractivity contribution in [2.24, 2.45) is 11.8 Å². The largest absolute Gasteiger partial charge is 0.493 e. The van der Waals surface area contributed by atoms with Gasteiger partial charge in [-0.25, -0.2) is 0 Å². The number of ether oxygens (including phenoxy) is 2. The maximum absolute atomic E-state index is 14.8. The van der Waals surface area contributed by atoms with Crippen molar-refractivity contribution in [3.8, 4) is 11.5 Å². The molecule has 1 aliphatic heterocycles. The molecule has 3 aliphatic rings. The first-order valence-corrected chi connectivity index (χ1v) is 8.90. The lowest BCUT2D eigenvalue weighted by Crippen LogP contribution is -2.58. The molecule has 4 heteroatoms. The number of alkyl halides is 2. The average molecular weight is 334 g/mol. The van der Waals surface area contributed by atoms with Gasteiger partial charge in [0.1, 0.15) is 0 Å². The van der Waals surface area contributed by atoms with Crippen molar-refractivity contribution in [2.75, 3.05) is 7.11 Å². The second-order valence-electron chi connectivity index (χ2n) is 7.45. The summed E-state index contributed by atoms with van der Waals surface area (Å²) in [5.74, 6) is -1.38. The molecular weight excluding hydrogens is 310 g/mol. The smallest absolute Gasteiger partial charge is 0.303 e. The summed E-state index contributed by atoms with van der Waals surface area (Å²) >= 11 is 0. The highest BCUT2D eigenvalue weighted by molar-refractivity contribution is 5.60. The zero-order chi connectivity index (χ0) is 17.1. The van der Waals surface area contributed by atoms with Gasteiger partial charge in [0.15, 0.2) is 17.6 Å². The lowest BCUT2D eigenvalue weighted by molar-refractivity contribution is -0.110. The summed E-state index contributed by atoms with van der Waals surface area (Å²) in [5.41, 5.74) is 1.46. The minimum Gasteiger partial charge on any atom is -0.493 e. The molecule has 130 valence electrons. The second kappa shape index (κ2) is 5.21. The van der Waals surface area contributed by atoms with Gasteiger partial charge in [-0.1, -0.05) is 38.8 Å². The van der Waals surface area contributed by atoms with E-state index >= 15 is 0 Å². The molecule has 1 heterocycles. The van der Waals surface area contributed by atoms with Crippen LogP contribution >= 0.6 is 0 Å². The molecule has 0 saturated heterocycles. The van der Waals surface area contributed by atoms with Crippen molar-refractivity contribution < 1.29 is 18.3 Å². The molecule has 4 atom stereocenters. The Hall–Kier alpha value is -1.58. The van der Waals surface area contributed by atoms with E-state index in [1.165, 1.54) is 0 Å². The van der Waals surface area contributed by atoms with E-state index in [1.807, 2.05) is 12.1 Å². The SMILES string of the molecule is CCc1ccc(OC)c2c1[C@@]13CCC[C@@H](C)C1C=CC(F)(F)[C@H]3O2. The molecule has 1 aromatic rings. The number of hydrogen-bond acceptors (Lipinski definition) is 2. The predicted molar refractivity (Wildman–Crippen MR) is 89.1 cm³/mol. The van der Waals surface area contributed by atoms with Gasteiger partial charge in [-0.05, 0) is 42.4 Å². The third-order valence-electron chi connectivity index (χ3n) is 6.31. The number of benzene rings is 1. The lowest BCUT2D eigenvalue weighted by Gasteiger charge is -2.50. The van der Waals surface area contributed by atoms with Gasteiger partial charge in [-0.3, -0.25) is 0 Å². The fourth-order valence-corrected chi connectivity index (χ4v) is 5.31. The molecule has 1 fully saturated rings. The molecule has 4 rings (SSSR count). The van der Waals surface area contributed by atoms with E-state index in [1.54, 1.807) is 13.2 Å². The van der Waals surface area contributed by atoms with Crippen LogP contribution in [0.3, 0.4) is 0 Å². The maximum Gasteiger partial charge on any atom is 0.303 e. The highest BCUT2D eigenvalue weighted by Gasteiger charge is 2.66. The molecule has 0 aromatic heterocycles. The Bertz CT molecular complexity index is 697. The quantitative estimate of drug-likeness (QED) is 0.716. The molecule has 0 N–H and O–H groups in total. The van der Waals surface area contributed by atoms with Crippen LogP contribution in [0.5, 0.6) is 11.5 Å². The number of aryl methyl sites for hydroxylation is 1. The minimum absolute atomic E-state index is 0.0922. The van der Waals surface area contributed by atoms with Gasteiger partial charge in [-0.15, -0.1) is 0 Å². The van der Waals surface area contributed by atoms with Gasteiger partial charge < -0.3 is 9.47 Å². The molecule has 0 bridgehead atoms. The highest BCUT2D eigenvalue weighted by atomic mass is 19.3. The van der Waals surface area contributed by atoms with Gasteiger partial charge in [0.25, 0.3) is 0 Å². The van der Waals surface area contributed by atoms with Crippen LogP contribution in [0.2, 0.25) is 0 Å². The molecule has 2 aliphatic carbocycles. The average Bonchev–Trinajstić information content (AvgIpc) is 2.91. The van der Waals surface area contributed by atoms with Gasteiger partial charge in [0.05, 0.1) is 7.11 Å². The first kappa shape index (κ1) is 15.9. The van der Waals surface area contributed by atoms with E-state index in [0.29, 0.717) is 17.4 Å². The minimum atomic E-state index is -2.96. The van der Waals surface area contributed by atoms with E-state index in [9.17, 15) is 8.78 Å². The highest BCUT2D eigenvalue weighted by Crippen LogP contribution is 2.63. The summed E-state index contributed by atoms with van der Waals surface area (Å²) in [7, 11) is 1.57. The normalized spacial score (nSPS) is 35.6. The number of hydrogen-bond donors (Lipinski definition) is 0. The van der Waals surface area contributed by atoms with E-state index in [4.69, 9.17) is 9.47 Å². The zero-order valence-corrected chi connectivity index (χ0v) is 14.4. The molecule has 1 saturated carbocycles. The Morgan fingerprint density at radius 2 is 2.12 bits per heavy atom. The van der Waals surface area contributed by atoms with E-state index in [0.717, 1.165) is 42.9 Å². The Kier molecular flexibility index (Phi) is 3.45. The Balaban J connectivity index is 2.01. The second-order valence-corrected chi connectivity index (χ2v) is 7.45. The van der Waals surface area contributed by atoms with Gasteiger partial charge in [0.2, 0.25) is 0 Å². The van der Waals surface area contributed by atoms with Crippen LogP contribution in [0.25, 0.3) is 0 Å². The maximum atomic E-state index is 14.8. The fraction of sp³-hybridized carbons (Fsp3) is 0.600. The monoisotopic (exact) mass is 334 g/mol. The molecule has 1 aromatic carbocycles. The van der Waals surface area contributed by atoms with Crippen molar-refractivity contribution in [2.45, 2.75) is 57.0 Å². The molecule has 0 amide bonds. The Morgan fingerprint density at radius 3 is 2.83 bits per heavy atom. The van der Waals surface area contributed by atoms with Crippen LogP contribution in [0, 0.1) is 11.8 Å². The van der Waals surface area contributed by atoms with Gasteiger partial charge in [0, 0.05) is 11.0 Å². The number of halogens is 2. The Labute approximate surface area is 141 Å². The molecule has 24 heavy (non-hydrogen) atoms. The third kappa shape index (κ3) is 1.86. The molecule has 1 spiro atoms. The number of fused-ring (bicyclic) bond motifs is 1. The van der Waals surface area contributed by atoms with E-state index in [-0.39, 0.29) is 5.92 Å². The molecular formula is C20H24F2O2. The lowest BCUT2D eigenvalue weighted by atomic mass is 9.53. The number of methoxy groups -OCH3 is 1. The van der Waals surface area contributed by atoms with Crippen LogP contribution in [-0.2, 0) is 11.8 Å². The first-order valence-electron chi connectivity index (χ1n) is 8.90. The number of rotatable bonds is 2. The zero-order valence-electron chi connectivity index (χ0n) is 14.4. The van der Waals surface area contributed by atoms with Crippen LogP contribution in [-0.4, -0.2) is 19.1 Å². The standard InChI is InChI=1S/C20H24F2O2/c1-4-13-7-8-15(23-3)17-16(13)19-10-5-6-12(2)14(19)9-11-20(21,22)18(19)24-17/h7-9,11-12,14,18H,4-6,10H2,1-3H3/t12-,14?,18+,19-/m1/s1. The molecule has 2 nitrogen and oxygen atoms in total. The molecule has 0 radical (unpaired) electrons. The van der Waals surface area contributed by atoms with E-state index in [2.05, 4.69) is 13.8 Å². The van der Waals surface area contributed by atoms with Crippen LogP contribution < -0.4 is 9.47 Å². The van der Waals surface area contributed by atoms with Crippen molar-refractivity contribution in [3.63, 3.8) is 0 Å². The predicted octanol–water partition coefficient (Wildman–Crippen LogP) is 4.90. The van der Waals surface area contributed by atoms with Crippen molar-refractivity contribution in [3.05, 3.63) is 35.4 Å². The summed E-state index contributed by atoms with van der Waals surface area (Å²) in [6.45, 7) is 4.25. The summed E-state index contributed by atoms with van der Waals surface area (Å²) in [6.07, 6.45) is 5.31. The van der Waals surface area contributed by atoms with Crippen molar-refractivity contribution in [1.82, 2.24) is 0 Å². The molecule has 1 unspecified atom stereocenters. The van der Waals surface area contributed by atoms with Gasteiger partial charge in [-0.2, -0.15) is 8.78 Å². The fourth-order valence-electron chi connectivity index (χ4n) is 5.31. The van der Waals surface area contributed by atoms with Crippen molar-refractivity contribution >= 4 is 0 Å². The van der Waals surface area contributed by atoms with Crippen LogP contribution in [0.1, 0.15) is 44.2 Å². The Morgan fingerprint density at radius 1 is 1.33 bits per heavy atom. The first-order chi connectivity index (χ1) is 11.5. The summed E-state index contributed by atoms with van der Waals surface area (Å²) < 4.78 is 41.1. The summed E-state index contributed by atoms with van der Waals surface area (Å²) in [5, 5.41) is 0. The summed E-state index contributed by atoms with van der Waals surface area (Å²) in [4.78, 5) is 0. The third-order valence-corrected chi connectivity index (χ3v) is 6.31. The van der Waals surface area contributed by atoms with E-state index < -0.39 is 17.4 Å². The van der Waals surface area contributed by atoms with Crippen LogP contribution in [0.15, 0.2) is 24.3 Å². The summed E-state index contributed by atoms with van der Waals surface area (Å²) in [6, 6.07) is 3.86. The number of allylic oxidation sites excluding steroid dienone is 1. The van der Waals surface area contributed by atoms with Crippen molar-refractivity contribution in [1.29, 1.82) is 0 Å².